The Kier molecular flexibility index (Phi) is 5.23. The van der Waals surface area contributed by atoms with Gasteiger partial charge in [-0.25, -0.2) is 0 Å². The summed E-state index contributed by atoms with van der Waals surface area (Å²) in [5.74, 6) is -4.25. The van der Waals surface area contributed by atoms with Gasteiger partial charge in [-0.05, 0) is 25.0 Å². The lowest BCUT2D eigenvalue weighted by atomic mass is 9.72. The molecule has 3 aliphatic rings. The van der Waals surface area contributed by atoms with Crippen molar-refractivity contribution >= 4 is 11.6 Å². The van der Waals surface area contributed by atoms with E-state index < -0.39 is 23.4 Å². The highest BCUT2D eigenvalue weighted by Gasteiger charge is 2.50. The number of hydrogen-bond donors (Lipinski definition) is 2. The fourth-order valence-corrected chi connectivity index (χ4v) is 4.75. The SMILES string of the molecule is Cc1ccc(C2C(C#N)=C(N)OC3=C2C(=O)C2=C(C3=O)C(c3ccc(C)cc3)C(C#N)=C(N)O2)cc1. The van der Waals surface area contributed by atoms with Gasteiger partial charge in [0.25, 0.3) is 0 Å². The number of rotatable bonds is 2. The molecule has 36 heavy (non-hydrogen) atoms. The lowest BCUT2D eigenvalue weighted by Gasteiger charge is -2.35. The van der Waals surface area contributed by atoms with Crippen LogP contribution in [-0.2, 0) is 19.1 Å². The maximum atomic E-state index is 13.9. The summed E-state index contributed by atoms with van der Waals surface area (Å²) in [6.45, 7) is 3.81. The van der Waals surface area contributed by atoms with Crippen LogP contribution in [-0.4, -0.2) is 11.6 Å². The third-order valence-electron chi connectivity index (χ3n) is 6.56. The number of hydrogen-bond acceptors (Lipinski definition) is 8. The molecule has 0 saturated carbocycles. The second kappa shape index (κ2) is 8.30. The zero-order valence-electron chi connectivity index (χ0n) is 19.5. The number of aryl methyl sites for hydroxylation is 2. The van der Waals surface area contributed by atoms with Gasteiger partial charge in [0.2, 0.25) is 23.3 Å². The Morgan fingerprint density at radius 2 is 1.00 bits per heavy atom. The number of ketones is 2. The van der Waals surface area contributed by atoms with Crippen molar-refractivity contribution in [3.05, 3.63) is 116 Å². The minimum absolute atomic E-state index is 0.00919. The van der Waals surface area contributed by atoms with Crippen LogP contribution in [0.25, 0.3) is 0 Å². The van der Waals surface area contributed by atoms with E-state index in [-0.39, 0.29) is 45.6 Å². The quantitative estimate of drug-likeness (QED) is 0.626. The predicted molar refractivity (Wildman–Crippen MR) is 128 cm³/mol. The maximum Gasteiger partial charge on any atom is 0.229 e. The van der Waals surface area contributed by atoms with E-state index in [2.05, 4.69) is 0 Å². The summed E-state index contributed by atoms with van der Waals surface area (Å²) in [7, 11) is 0. The topological polar surface area (TPSA) is 152 Å². The van der Waals surface area contributed by atoms with Crippen molar-refractivity contribution in [2.75, 3.05) is 0 Å². The number of benzene rings is 2. The molecule has 8 heteroatoms. The number of nitrogens with zero attached hydrogens (tertiary/aromatic N) is 2. The van der Waals surface area contributed by atoms with Gasteiger partial charge in [-0.3, -0.25) is 9.59 Å². The molecule has 2 unspecified atom stereocenters. The van der Waals surface area contributed by atoms with Crippen LogP contribution in [0.1, 0.15) is 34.1 Å². The van der Waals surface area contributed by atoms with E-state index in [1.54, 1.807) is 24.3 Å². The van der Waals surface area contributed by atoms with Gasteiger partial charge in [-0.2, -0.15) is 10.5 Å². The molecule has 2 heterocycles. The highest BCUT2D eigenvalue weighted by Crippen LogP contribution is 2.49. The Morgan fingerprint density at radius 3 is 1.31 bits per heavy atom. The molecule has 1 aliphatic carbocycles. The van der Waals surface area contributed by atoms with Crippen LogP contribution in [0, 0.1) is 36.5 Å². The first-order chi connectivity index (χ1) is 17.3. The van der Waals surface area contributed by atoms with E-state index in [1.807, 2.05) is 50.3 Å². The largest absolute Gasteiger partial charge is 0.436 e. The molecule has 2 atom stereocenters. The Hall–Kier alpha value is -5.08. The standard InChI is InChI=1S/C28H20N4O4/c1-13-3-7-15(8-4-13)19-17(11-29)27(31)35-25-21(19)23(33)26-22(24(25)34)20(18(12-30)28(32)36-26)16-9-5-14(2)6-10-16/h3-10,19-20H,31-32H2,1-2H3. The number of allylic oxidation sites excluding steroid dienone is 4. The average Bonchev–Trinajstić information content (AvgIpc) is 2.87. The molecule has 5 rings (SSSR count). The molecule has 176 valence electrons. The minimum Gasteiger partial charge on any atom is -0.436 e. The third-order valence-corrected chi connectivity index (χ3v) is 6.56. The number of Topliss-reactive ketones (excluding diaryl/α,β-unsaturated/α-hetero) is 2. The second-order valence-electron chi connectivity index (χ2n) is 8.81. The predicted octanol–water partition coefficient (Wildman–Crippen LogP) is 3.28. The molecule has 2 aromatic carbocycles. The highest BCUT2D eigenvalue weighted by atomic mass is 16.5. The van der Waals surface area contributed by atoms with Crippen molar-refractivity contribution in [1.29, 1.82) is 10.5 Å². The normalized spacial score (nSPS) is 21.3. The summed E-state index contributed by atoms with van der Waals surface area (Å²) in [6, 6.07) is 18.4. The van der Waals surface area contributed by atoms with E-state index in [4.69, 9.17) is 20.9 Å². The summed E-state index contributed by atoms with van der Waals surface area (Å²) in [6.07, 6.45) is 0. The van der Waals surface area contributed by atoms with Gasteiger partial charge in [0, 0.05) is 0 Å². The van der Waals surface area contributed by atoms with E-state index in [0.29, 0.717) is 11.1 Å². The molecule has 0 spiro atoms. The van der Waals surface area contributed by atoms with Gasteiger partial charge in [0.05, 0.1) is 23.0 Å². The van der Waals surface area contributed by atoms with Gasteiger partial charge in [0.1, 0.15) is 23.3 Å². The van der Waals surface area contributed by atoms with Crippen molar-refractivity contribution in [2.24, 2.45) is 11.5 Å². The molecule has 2 aromatic rings. The van der Waals surface area contributed by atoms with Crippen LogP contribution < -0.4 is 11.5 Å². The fraction of sp³-hybridized carbons (Fsp3) is 0.143. The molecular formula is C28H20N4O4. The van der Waals surface area contributed by atoms with Crippen molar-refractivity contribution in [3.8, 4) is 12.1 Å². The third kappa shape index (κ3) is 3.28. The van der Waals surface area contributed by atoms with Gasteiger partial charge < -0.3 is 20.9 Å². The van der Waals surface area contributed by atoms with Gasteiger partial charge in [-0.15, -0.1) is 0 Å². The van der Waals surface area contributed by atoms with Crippen LogP contribution >= 0.6 is 0 Å². The minimum atomic E-state index is -0.936. The molecule has 8 nitrogen and oxygen atoms in total. The average molecular weight is 476 g/mol. The van der Waals surface area contributed by atoms with Crippen molar-refractivity contribution in [3.63, 3.8) is 0 Å². The lowest BCUT2D eigenvalue weighted by Crippen LogP contribution is -2.38. The summed E-state index contributed by atoms with van der Waals surface area (Å²) < 4.78 is 11.2. The Bertz CT molecular complexity index is 1440. The number of ether oxygens (including phenoxy) is 2. The van der Waals surface area contributed by atoms with Gasteiger partial charge >= 0.3 is 0 Å². The van der Waals surface area contributed by atoms with E-state index in [0.717, 1.165) is 11.1 Å². The molecule has 0 saturated heterocycles. The van der Waals surface area contributed by atoms with Crippen molar-refractivity contribution in [2.45, 2.75) is 25.7 Å². The molecule has 2 aliphatic heterocycles. The highest BCUT2D eigenvalue weighted by molar-refractivity contribution is 6.25. The first-order valence-electron chi connectivity index (χ1n) is 11.1. The number of carbonyl (C=O) groups is 2. The van der Waals surface area contributed by atoms with Crippen LogP contribution in [0.15, 0.2) is 94.1 Å². The zero-order chi connectivity index (χ0) is 25.7. The molecular weight excluding hydrogens is 456 g/mol. The smallest absolute Gasteiger partial charge is 0.229 e. The second-order valence-corrected chi connectivity index (χ2v) is 8.81. The van der Waals surface area contributed by atoms with Crippen LogP contribution in [0.2, 0.25) is 0 Å². The van der Waals surface area contributed by atoms with E-state index in [1.165, 1.54) is 0 Å². The molecule has 0 fully saturated rings. The van der Waals surface area contributed by atoms with E-state index >= 15 is 0 Å². The summed E-state index contributed by atoms with van der Waals surface area (Å²) in [5, 5.41) is 19.7. The van der Waals surface area contributed by atoms with Crippen molar-refractivity contribution in [1.82, 2.24) is 0 Å². The van der Waals surface area contributed by atoms with Crippen LogP contribution in [0.3, 0.4) is 0 Å². The molecule has 0 bridgehead atoms. The Morgan fingerprint density at radius 1 is 0.667 bits per heavy atom. The van der Waals surface area contributed by atoms with Gasteiger partial charge in [0.15, 0.2) is 11.5 Å². The number of carbonyl (C=O) groups excluding carboxylic acids is 2. The lowest BCUT2D eigenvalue weighted by molar-refractivity contribution is -0.121. The first kappa shape index (κ1) is 22.7. The number of nitriles is 2. The maximum absolute atomic E-state index is 13.9. The number of nitrogens with two attached hydrogens (primary N) is 2. The molecule has 0 aromatic heterocycles. The van der Waals surface area contributed by atoms with Gasteiger partial charge in [-0.1, -0.05) is 59.7 Å². The van der Waals surface area contributed by atoms with Crippen LogP contribution in [0.5, 0.6) is 0 Å². The summed E-state index contributed by atoms with van der Waals surface area (Å²) >= 11 is 0. The zero-order valence-corrected chi connectivity index (χ0v) is 19.5. The van der Waals surface area contributed by atoms with Crippen molar-refractivity contribution < 1.29 is 19.1 Å². The molecule has 0 amide bonds. The fourth-order valence-electron chi connectivity index (χ4n) is 4.75. The first-order valence-corrected chi connectivity index (χ1v) is 11.1. The summed E-state index contributed by atoms with van der Waals surface area (Å²) in [5.41, 5.74) is 15.2. The van der Waals surface area contributed by atoms with E-state index in [9.17, 15) is 20.1 Å². The van der Waals surface area contributed by atoms with Crippen LogP contribution in [0.4, 0.5) is 0 Å². The Labute approximate surface area is 207 Å². The summed E-state index contributed by atoms with van der Waals surface area (Å²) in [4.78, 5) is 27.8. The molecule has 4 N–H and O–H groups in total. The monoisotopic (exact) mass is 476 g/mol. The molecule has 0 radical (unpaired) electrons. The Balaban J connectivity index is 1.71.